The molecule has 0 spiro atoms. The van der Waals surface area contributed by atoms with E-state index in [4.69, 9.17) is 32.7 Å². The van der Waals surface area contributed by atoms with Gasteiger partial charge in [0.2, 0.25) is 0 Å². The summed E-state index contributed by atoms with van der Waals surface area (Å²) in [4.78, 5) is 0. The Kier molecular flexibility index (Phi) is 5.28. The molecule has 2 aromatic rings. The first-order valence-corrected chi connectivity index (χ1v) is 6.84. The number of hydrogen-bond donors (Lipinski definition) is 1. The maximum atomic E-state index is 13.7. The molecule has 112 valence electrons. The first kappa shape index (κ1) is 15.9. The van der Waals surface area contributed by atoms with Crippen molar-refractivity contribution in [3.63, 3.8) is 0 Å². The minimum Gasteiger partial charge on any atom is -0.493 e. The maximum absolute atomic E-state index is 13.7. The molecule has 0 bridgehead atoms. The Bertz CT molecular complexity index is 622. The molecule has 0 saturated heterocycles. The Labute approximate surface area is 131 Å². The van der Waals surface area contributed by atoms with E-state index in [0.29, 0.717) is 32.7 Å². The van der Waals surface area contributed by atoms with Gasteiger partial charge in [-0.2, -0.15) is 0 Å². The Morgan fingerprint density at radius 1 is 1.10 bits per heavy atom. The maximum Gasteiger partial charge on any atom is 0.167 e. The molecule has 0 saturated carbocycles. The van der Waals surface area contributed by atoms with Gasteiger partial charge in [-0.3, -0.25) is 0 Å². The highest BCUT2D eigenvalue weighted by Crippen LogP contribution is 2.35. The summed E-state index contributed by atoms with van der Waals surface area (Å²) in [6, 6.07) is 7.34. The number of ether oxygens (including phenoxy) is 2. The molecule has 0 radical (unpaired) electrons. The lowest BCUT2D eigenvalue weighted by Crippen LogP contribution is -2.03. The van der Waals surface area contributed by atoms with E-state index in [1.165, 1.54) is 25.3 Å². The summed E-state index contributed by atoms with van der Waals surface area (Å²) in [7, 11) is 1.46. The monoisotopic (exact) mass is 330 g/mol. The highest BCUT2D eigenvalue weighted by atomic mass is 35.5. The predicted octanol–water partition coefficient (Wildman–Crippen LogP) is 4.21. The van der Waals surface area contributed by atoms with Gasteiger partial charge in [0, 0.05) is 27.2 Å². The lowest BCUT2D eigenvalue weighted by molar-refractivity contribution is 0.248. The third-order valence-corrected chi connectivity index (χ3v) is 3.32. The van der Waals surface area contributed by atoms with E-state index < -0.39 is 5.82 Å². The fraction of sp³-hybridized carbons (Fsp3) is 0.200. The molecule has 0 amide bonds. The van der Waals surface area contributed by atoms with Gasteiger partial charge in [-0.15, -0.1) is 0 Å². The van der Waals surface area contributed by atoms with Gasteiger partial charge in [0.25, 0.3) is 0 Å². The SMILES string of the molecule is COc1cc(Cl)cc(CO)c1OCc1cc(Cl)ccc1F. The van der Waals surface area contributed by atoms with Crippen LogP contribution in [0.1, 0.15) is 11.1 Å². The number of aliphatic hydroxyl groups is 1. The van der Waals surface area contributed by atoms with Crippen LogP contribution in [0.15, 0.2) is 30.3 Å². The summed E-state index contributed by atoms with van der Waals surface area (Å²) < 4.78 is 24.4. The number of aliphatic hydroxyl groups excluding tert-OH is 1. The summed E-state index contributed by atoms with van der Waals surface area (Å²) in [5.74, 6) is 0.274. The molecule has 0 heterocycles. The zero-order chi connectivity index (χ0) is 15.4. The molecular weight excluding hydrogens is 318 g/mol. The van der Waals surface area contributed by atoms with E-state index in [0.717, 1.165) is 0 Å². The van der Waals surface area contributed by atoms with Crippen molar-refractivity contribution >= 4 is 23.2 Å². The smallest absolute Gasteiger partial charge is 0.167 e. The quantitative estimate of drug-likeness (QED) is 0.892. The van der Waals surface area contributed by atoms with E-state index in [1.54, 1.807) is 12.1 Å². The van der Waals surface area contributed by atoms with Crippen LogP contribution in [0.25, 0.3) is 0 Å². The van der Waals surface area contributed by atoms with Gasteiger partial charge in [-0.1, -0.05) is 23.2 Å². The molecule has 6 heteroatoms. The van der Waals surface area contributed by atoms with Gasteiger partial charge in [0.05, 0.1) is 13.7 Å². The zero-order valence-corrected chi connectivity index (χ0v) is 12.7. The molecule has 0 aromatic heterocycles. The van der Waals surface area contributed by atoms with Crippen LogP contribution in [0.5, 0.6) is 11.5 Å². The van der Waals surface area contributed by atoms with Crippen molar-refractivity contribution in [3.8, 4) is 11.5 Å². The molecule has 1 N–H and O–H groups in total. The summed E-state index contributed by atoms with van der Waals surface area (Å²) in [6.07, 6.45) is 0. The number of benzene rings is 2. The number of hydrogen-bond acceptors (Lipinski definition) is 3. The van der Waals surface area contributed by atoms with Crippen LogP contribution < -0.4 is 9.47 Å². The van der Waals surface area contributed by atoms with Crippen molar-refractivity contribution in [3.05, 3.63) is 57.3 Å². The number of methoxy groups -OCH3 is 1. The summed E-state index contributed by atoms with van der Waals surface area (Å²) in [5.41, 5.74) is 0.769. The van der Waals surface area contributed by atoms with Gasteiger partial charge in [-0.05, 0) is 24.3 Å². The molecular formula is C15H13Cl2FO3. The second-order valence-electron chi connectivity index (χ2n) is 4.28. The van der Waals surface area contributed by atoms with Gasteiger partial charge >= 0.3 is 0 Å². The minimum atomic E-state index is -0.419. The van der Waals surface area contributed by atoms with Crippen LogP contribution in [0.2, 0.25) is 10.0 Å². The molecule has 0 aliphatic rings. The van der Waals surface area contributed by atoms with Gasteiger partial charge in [0.15, 0.2) is 11.5 Å². The van der Waals surface area contributed by atoms with Crippen LogP contribution in [0.3, 0.4) is 0 Å². The van der Waals surface area contributed by atoms with Crippen molar-refractivity contribution in [2.24, 2.45) is 0 Å². The predicted molar refractivity (Wildman–Crippen MR) is 79.7 cm³/mol. The van der Waals surface area contributed by atoms with Crippen molar-refractivity contribution in [1.29, 1.82) is 0 Å². The molecule has 0 aliphatic heterocycles. The fourth-order valence-electron chi connectivity index (χ4n) is 1.86. The van der Waals surface area contributed by atoms with E-state index in [-0.39, 0.29) is 13.2 Å². The number of halogens is 3. The van der Waals surface area contributed by atoms with Crippen LogP contribution >= 0.6 is 23.2 Å². The molecule has 0 fully saturated rings. The van der Waals surface area contributed by atoms with Crippen LogP contribution in [-0.2, 0) is 13.2 Å². The van der Waals surface area contributed by atoms with Crippen molar-refractivity contribution in [1.82, 2.24) is 0 Å². The average molecular weight is 331 g/mol. The van der Waals surface area contributed by atoms with E-state index in [2.05, 4.69) is 0 Å². The third-order valence-electron chi connectivity index (χ3n) is 2.87. The third kappa shape index (κ3) is 3.79. The second-order valence-corrected chi connectivity index (χ2v) is 5.15. The summed E-state index contributed by atoms with van der Waals surface area (Å²) in [6.45, 7) is -0.318. The van der Waals surface area contributed by atoms with Crippen molar-refractivity contribution in [2.75, 3.05) is 7.11 Å². The van der Waals surface area contributed by atoms with Gasteiger partial charge < -0.3 is 14.6 Å². The highest BCUT2D eigenvalue weighted by Gasteiger charge is 2.13. The molecule has 21 heavy (non-hydrogen) atoms. The van der Waals surface area contributed by atoms with Gasteiger partial charge in [0.1, 0.15) is 12.4 Å². The van der Waals surface area contributed by atoms with Crippen molar-refractivity contribution in [2.45, 2.75) is 13.2 Å². The lowest BCUT2D eigenvalue weighted by Gasteiger charge is -2.15. The Hall–Kier alpha value is -1.49. The molecule has 0 aliphatic carbocycles. The Balaban J connectivity index is 2.29. The summed E-state index contributed by atoms with van der Waals surface area (Å²) in [5, 5.41) is 10.2. The fourth-order valence-corrected chi connectivity index (χ4v) is 2.28. The zero-order valence-electron chi connectivity index (χ0n) is 11.2. The average Bonchev–Trinajstić information content (AvgIpc) is 2.48. The molecule has 3 nitrogen and oxygen atoms in total. The van der Waals surface area contributed by atoms with Crippen molar-refractivity contribution < 1.29 is 19.0 Å². The second kappa shape index (κ2) is 6.98. The Morgan fingerprint density at radius 2 is 1.81 bits per heavy atom. The number of rotatable bonds is 5. The first-order chi connectivity index (χ1) is 10.0. The largest absolute Gasteiger partial charge is 0.493 e. The van der Waals surface area contributed by atoms with Crippen LogP contribution in [-0.4, -0.2) is 12.2 Å². The molecule has 2 rings (SSSR count). The lowest BCUT2D eigenvalue weighted by atomic mass is 10.2. The molecule has 0 atom stereocenters. The van der Waals surface area contributed by atoms with E-state index in [9.17, 15) is 9.50 Å². The van der Waals surface area contributed by atoms with E-state index in [1.807, 2.05) is 0 Å². The van der Waals surface area contributed by atoms with Crippen LogP contribution in [0, 0.1) is 5.82 Å². The molecule has 2 aromatic carbocycles. The van der Waals surface area contributed by atoms with Crippen LogP contribution in [0.4, 0.5) is 4.39 Å². The standard InChI is InChI=1S/C15H13Cl2FO3/c1-20-14-6-12(17)4-9(7-19)15(14)21-8-10-5-11(16)2-3-13(10)18/h2-6,19H,7-8H2,1H3. The highest BCUT2D eigenvalue weighted by molar-refractivity contribution is 6.31. The topological polar surface area (TPSA) is 38.7 Å². The van der Waals surface area contributed by atoms with Gasteiger partial charge in [-0.25, -0.2) is 4.39 Å². The summed E-state index contributed by atoms with van der Waals surface area (Å²) >= 11 is 11.8. The van der Waals surface area contributed by atoms with E-state index >= 15 is 0 Å². The molecule has 0 unspecified atom stereocenters. The first-order valence-electron chi connectivity index (χ1n) is 6.09. The minimum absolute atomic E-state index is 0.0443. The normalized spacial score (nSPS) is 10.5. The Morgan fingerprint density at radius 3 is 2.48 bits per heavy atom.